The molecule has 3 rings (SSSR count). The van der Waals surface area contributed by atoms with E-state index in [-0.39, 0.29) is 11.8 Å². The van der Waals surface area contributed by atoms with E-state index < -0.39 is 0 Å². The number of carbonyl (C=O) groups excluding carboxylic acids is 1. The number of hydrogen-bond acceptors (Lipinski definition) is 2. The van der Waals surface area contributed by atoms with Crippen molar-refractivity contribution in [1.29, 1.82) is 0 Å². The topological polar surface area (TPSA) is 41.5 Å². The van der Waals surface area contributed by atoms with Gasteiger partial charge in [0.1, 0.15) is 0 Å². The van der Waals surface area contributed by atoms with E-state index in [1.807, 2.05) is 6.21 Å². The van der Waals surface area contributed by atoms with Crippen molar-refractivity contribution in [2.75, 3.05) is 0 Å². The lowest BCUT2D eigenvalue weighted by Gasteiger charge is -2.16. The maximum absolute atomic E-state index is 11.3. The highest BCUT2D eigenvalue weighted by Crippen LogP contribution is 2.47. The van der Waals surface area contributed by atoms with Crippen LogP contribution >= 0.6 is 0 Å². The predicted octanol–water partition coefficient (Wildman–Crippen LogP) is 1.93. The maximum Gasteiger partial charge on any atom is 0.243 e. The Morgan fingerprint density at radius 3 is 2.67 bits per heavy atom. The van der Waals surface area contributed by atoms with Crippen LogP contribution in [0.5, 0.6) is 0 Å². The molecule has 0 aromatic rings. The van der Waals surface area contributed by atoms with Crippen LogP contribution in [0.2, 0.25) is 0 Å². The average Bonchev–Trinajstić information content (AvgIpc) is 2.90. The third-order valence-corrected chi connectivity index (χ3v) is 4.18. The molecule has 3 heteroatoms. The zero-order chi connectivity index (χ0) is 10.3. The molecule has 3 saturated carbocycles. The summed E-state index contributed by atoms with van der Waals surface area (Å²) in [7, 11) is 0. The van der Waals surface area contributed by atoms with Gasteiger partial charge < -0.3 is 0 Å². The van der Waals surface area contributed by atoms with Crippen LogP contribution in [-0.4, -0.2) is 12.1 Å². The van der Waals surface area contributed by atoms with Gasteiger partial charge in [-0.15, -0.1) is 0 Å². The van der Waals surface area contributed by atoms with Crippen molar-refractivity contribution >= 4 is 12.1 Å². The normalized spacial score (nSPS) is 38.8. The van der Waals surface area contributed by atoms with Crippen LogP contribution in [0, 0.1) is 23.7 Å². The summed E-state index contributed by atoms with van der Waals surface area (Å²) in [4.78, 5) is 11.3. The van der Waals surface area contributed by atoms with Crippen molar-refractivity contribution in [1.82, 2.24) is 5.43 Å². The highest BCUT2D eigenvalue weighted by Gasteiger charge is 2.38. The fourth-order valence-electron chi connectivity index (χ4n) is 3.11. The average molecular weight is 206 g/mol. The number of nitrogens with zero attached hydrogens (tertiary/aromatic N) is 1. The molecule has 3 atom stereocenters. The van der Waals surface area contributed by atoms with E-state index in [1.165, 1.54) is 25.7 Å². The Kier molecular flexibility index (Phi) is 2.26. The smallest absolute Gasteiger partial charge is 0.243 e. The van der Waals surface area contributed by atoms with Crippen LogP contribution in [0.3, 0.4) is 0 Å². The molecule has 0 unspecified atom stereocenters. The second kappa shape index (κ2) is 3.62. The van der Waals surface area contributed by atoms with E-state index in [4.69, 9.17) is 0 Å². The highest BCUT2D eigenvalue weighted by molar-refractivity contribution is 5.81. The third-order valence-electron chi connectivity index (χ3n) is 4.18. The van der Waals surface area contributed by atoms with Gasteiger partial charge in [-0.1, -0.05) is 6.42 Å². The molecule has 0 saturated heterocycles. The molecule has 2 bridgehead atoms. The van der Waals surface area contributed by atoms with E-state index in [0.717, 1.165) is 24.7 Å². The quantitative estimate of drug-likeness (QED) is 0.556. The molecule has 15 heavy (non-hydrogen) atoms. The fraction of sp³-hybridized carbons (Fsp3) is 0.833. The van der Waals surface area contributed by atoms with Crippen LogP contribution < -0.4 is 5.43 Å². The molecule has 3 nitrogen and oxygen atoms in total. The molecule has 0 spiro atoms. The second-order valence-electron chi connectivity index (χ2n) is 5.37. The van der Waals surface area contributed by atoms with Gasteiger partial charge >= 0.3 is 0 Å². The number of hydrazone groups is 1. The van der Waals surface area contributed by atoms with E-state index in [0.29, 0.717) is 5.92 Å². The summed E-state index contributed by atoms with van der Waals surface area (Å²) in [6.45, 7) is 0. The predicted molar refractivity (Wildman–Crippen MR) is 58.3 cm³/mol. The fourth-order valence-corrected chi connectivity index (χ4v) is 3.11. The van der Waals surface area contributed by atoms with Gasteiger partial charge in [0.15, 0.2) is 0 Å². The Labute approximate surface area is 90.3 Å². The molecule has 3 fully saturated rings. The number of fused-ring (bicyclic) bond motifs is 2. The van der Waals surface area contributed by atoms with Gasteiger partial charge in [-0.3, -0.25) is 4.79 Å². The Morgan fingerprint density at radius 2 is 2.07 bits per heavy atom. The number of carbonyl (C=O) groups is 1. The van der Waals surface area contributed by atoms with E-state index in [1.54, 1.807) is 0 Å². The molecule has 0 aromatic carbocycles. The summed E-state index contributed by atoms with van der Waals surface area (Å²) < 4.78 is 0. The van der Waals surface area contributed by atoms with Crippen LogP contribution in [0.15, 0.2) is 5.10 Å². The molecular formula is C12H18N2O. The molecule has 0 heterocycles. The van der Waals surface area contributed by atoms with Crippen LogP contribution in [0.4, 0.5) is 0 Å². The van der Waals surface area contributed by atoms with Gasteiger partial charge in [0.05, 0.1) is 0 Å². The third kappa shape index (κ3) is 1.92. The van der Waals surface area contributed by atoms with Crippen molar-refractivity contribution in [3.63, 3.8) is 0 Å². The summed E-state index contributed by atoms with van der Waals surface area (Å²) in [5.41, 5.74) is 2.66. The minimum Gasteiger partial charge on any atom is -0.273 e. The minimum atomic E-state index is 0.120. The molecule has 1 amide bonds. The number of hydrogen-bond donors (Lipinski definition) is 1. The lowest BCUT2D eigenvalue weighted by atomic mass is 9.90. The lowest BCUT2D eigenvalue weighted by Crippen LogP contribution is -2.21. The van der Waals surface area contributed by atoms with Crippen LogP contribution in [0.1, 0.15) is 38.5 Å². The second-order valence-corrected chi connectivity index (χ2v) is 5.37. The Morgan fingerprint density at radius 1 is 1.20 bits per heavy atom. The SMILES string of the molecule is O=C(N/N=C\[C@@H]1C[C@H]2CC[C@H]1C2)C1CC1. The first-order chi connectivity index (χ1) is 7.33. The van der Waals surface area contributed by atoms with E-state index in [9.17, 15) is 4.79 Å². The Bertz CT molecular complexity index is 296. The Balaban J connectivity index is 1.48. The van der Waals surface area contributed by atoms with Crippen molar-refractivity contribution in [2.45, 2.75) is 38.5 Å². The van der Waals surface area contributed by atoms with E-state index in [2.05, 4.69) is 10.5 Å². The summed E-state index contributed by atoms with van der Waals surface area (Å²) in [6.07, 6.45) is 9.58. The van der Waals surface area contributed by atoms with Crippen molar-refractivity contribution in [3.05, 3.63) is 0 Å². The number of amides is 1. The first-order valence-corrected chi connectivity index (χ1v) is 6.16. The van der Waals surface area contributed by atoms with Gasteiger partial charge in [-0.05, 0) is 49.9 Å². The largest absolute Gasteiger partial charge is 0.273 e. The molecule has 1 N–H and O–H groups in total. The van der Waals surface area contributed by atoms with Gasteiger partial charge in [0.2, 0.25) is 5.91 Å². The van der Waals surface area contributed by atoms with Crippen molar-refractivity contribution in [2.24, 2.45) is 28.8 Å². The monoisotopic (exact) mass is 206 g/mol. The van der Waals surface area contributed by atoms with Gasteiger partial charge in [-0.25, -0.2) is 5.43 Å². The molecule has 82 valence electrons. The van der Waals surface area contributed by atoms with E-state index >= 15 is 0 Å². The molecule has 0 aliphatic heterocycles. The molecule has 3 aliphatic rings. The van der Waals surface area contributed by atoms with Gasteiger partial charge in [0, 0.05) is 12.1 Å². The maximum atomic E-state index is 11.3. The lowest BCUT2D eigenvalue weighted by molar-refractivity contribution is -0.122. The zero-order valence-electron chi connectivity index (χ0n) is 8.98. The van der Waals surface area contributed by atoms with Crippen LogP contribution in [0.25, 0.3) is 0 Å². The molecule has 0 radical (unpaired) electrons. The summed E-state index contributed by atoms with van der Waals surface area (Å²) in [5, 5.41) is 4.11. The van der Waals surface area contributed by atoms with Gasteiger partial charge in [-0.2, -0.15) is 5.10 Å². The summed E-state index contributed by atoms with van der Waals surface area (Å²) >= 11 is 0. The minimum absolute atomic E-state index is 0.120. The Hall–Kier alpha value is -0.860. The number of nitrogens with one attached hydrogen (secondary N) is 1. The zero-order valence-corrected chi connectivity index (χ0v) is 8.98. The van der Waals surface area contributed by atoms with Gasteiger partial charge in [0.25, 0.3) is 0 Å². The summed E-state index contributed by atoms with van der Waals surface area (Å²) in [6, 6.07) is 0. The highest BCUT2D eigenvalue weighted by atomic mass is 16.2. The number of rotatable bonds is 3. The molecule has 3 aliphatic carbocycles. The van der Waals surface area contributed by atoms with Crippen LogP contribution in [-0.2, 0) is 4.79 Å². The first-order valence-electron chi connectivity index (χ1n) is 6.16. The molecular weight excluding hydrogens is 188 g/mol. The van der Waals surface area contributed by atoms with Crippen molar-refractivity contribution in [3.8, 4) is 0 Å². The molecule has 0 aromatic heterocycles. The standard InChI is InChI=1S/C12H18N2O/c15-12(9-3-4-9)14-13-7-11-6-8-1-2-10(11)5-8/h7-11H,1-6H2,(H,14,15)/b13-7-/t8-,10-,11-/m0/s1. The van der Waals surface area contributed by atoms with Crippen molar-refractivity contribution < 1.29 is 4.79 Å². The first kappa shape index (κ1) is 9.37. The summed E-state index contributed by atoms with van der Waals surface area (Å²) in [5.74, 6) is 2.84.